The van der Waals surface area contributed by atoms with Crippen molar-refractivity contribution in [1.82, 2.24) is 5.32 Å². The lowest BCUT2D eigenvalue weighted by molar-refractivity contribution is -0.124. The van der Waals surface area contributed by atoms with E-state index in [2.05, 4.69) is 5.32 Å². The molecule has 0 spiro atoms. The predicted molar refractivity (Wildman–Crippen MR) is 82.4 cm³/mol. The molecule has 0 aliphatic carbocycles. The van der Waals surface area contributed by atoms with Gasteiger partial charge in [-0.15, -0.1) is 12.4 Å². The summed E-state index contributed by atoms with van der Waals surface area (Å²) in [6.07, 6.45) is 0.910. The van der Waals surface area contributed by atoms with E-state index >= 15 is 0 Å². The van der Waals surface area contributed by atoms with E-state index in [-0.39, 0.29) is 30.3 Å². The maximum Gasteiger partial charge on any atom is 0.237 e. The monoisotopic (exact) mass is 284 g/mol. The van der Waals surface area contributed by atoms with Gasteiger partial charge in [-0.3, -0.25) is 4.79 Å². The first kappa shape index (κ1) is 17.9. The second-order valence-electron chi connectivity index (χ2n) is 5.05. The Hall–Kier alpha value is -1.06. The molecule has 3 nitrogen and oxygen atoms in total. The predicted octanol–water partition coefficient (Wildman–Crippen LogP) is 2.97. The summed E-state index contributed by atoms with van der Waals surface area (Å²) in [5.41, 5.74) is 8.23. The summed E-state index contributed by atoms with van der Waals surface area (Å²) in [7, 11) is 0. The Morgan fingerprint density at radius 2 is 1.79 bits per heavy atom. The Labute approximate surface area is 122 Å². The highest BCUT2D eigenvalue weighted by molar-refractivity contribution is 5.85. The Balaban J connectivity index is 0.00000324. The number of rotatable bonds is 5. The first-order valence-electron chi connectivity index (χ1n) is 6.58. The summed E-state index contributed by atoms with van der Waals surface area (Å²) in [4.78, 5) is 12.0. The van der Waals surface area contributed by atoms with E-state index in [1.54, 1.807) is 0 Å². The first-order chi connectivity index (χ1) is 8.45. The van der Waals surface area contributed by atoms with Gasteiger partial charge in [-0.1, -0.05) is 50.1 Å². The van der Waals surface area contributed by atoms with E-state index in [4.69, 9.17) is 5.73 Å². The fourth-order valence-electron chi connectivity index (χ4n) is 1.76. The highest BCUT2D eigenvalue weighted by atomic mass is 35.5. The molecular weight excluding hydrogens is 260 g/mol. The largest absolute Gasteiger partial charge is 0.348 e. The van der Waals surface area contributed by atoms with Crippen molar-refractivity contribution >= 4 is 18.3 Å². The second kappa shape index (κ2) is 8.18. The summed E-state index contributed by atoms with van der Waals surface area (Å²) < 4.78 is 0. The third kappa shape index (κ3) is 5.21. The highest BCUT2D eigenvalue weighted by Gasteiger charge is 2.20. The molecule has 108 valence electrons. The molecule has 1 rings (SSSR count). The molecule has 3 N–H and O–H groups in total. The molecule has 1 aromatic rings. The van der Waals surface area contributed by atoms with Crippen molar-refractivity contribution in [3.63, 3.8) is 0 Å². The van der Waals surface area contributed by atoms with Crippen LogP contribution in [0.25, 0.3) is 0 Å². The van der Waals surface area contributed by atoms with Crippen LogP contribution in [0.3, 0.4) is 0 Å². The van der Waals surface area contributed by atoms with Gasteiger partial charge in [0, 0.05) is 0 Å². The van der Waals surface area contributed by atoms with Gasteiger partial charge in [0.15, 0.2) is 0 Å². The molecule has 3 atom stereocenters. The molecule has 0 aliphatic rings. The third-order valence-corrected chi connectivity index (χ3v) is 3.50. The van der Waals surface area contributed by atoms with Crippen LogP contribution in [-0.2, 0) is 4.79 Å². The topological polar surface area (TPSA) is 55.1 Å². The van der Waals surface area contributed by atoms with Crippen LogP contribution >= 0.6 is 12.4 Å². The van der Waals surface area contributed by atoms with Gasteiger partial charge < -0.3 is 11.1 Å². The second-order valence-corrected chi connectivity index (χ2v) is 5.05. The molecule has 1 aromatic carbocycles. The molecule has 0 saturated carbocycles. The van der Waals surface area contributed by atoms with Gasteiger partial charge in [0.25, 0.3) is 0 Å². The van der Waals surface area contributed by atoms with Gasteiger partial charge in [-0.25, -0.2) is 0 Å². The minimum atomic E-state index is -0.428. The molecule has 0 aliphatic heterocycles. The number of hydrogen-bond acceptors (Lipinski definition) is 2. The quantitative estimate of drug-likeness (QED) is 0.873. The van der Waals surface area contributed by atoms with E-state index in [1.807, 2.05) is 52.0 Å². The molecule has 0 bridgehead atoms. The molecule has 3 unspecified atom stereocenters. The van der Waals surface area contributed by atoms with Gasteiger partial charge in [0.1, 0.15) is 0 Å². The van der Waals surface area contributed by atoms with Crippen molar-refractivity contribution < 1.29 is 4.79 Å². The summed E-state index contributed by atoms with van der Waals surface area (Å²) in [6, 6.07) is 7.74. The zero-order chi connectivity index (χ0) is 13.7. The molecule has 0 aromatic heterocycles. The molecule has 4 heteroatoms. The highest BCUT2D eigenvalue weighted by Crippen LogP contribution is 2.14. The van der Waals surface area contributed by atoms with Crippen LogP contribution in [-0.4, -0.2) is 11.9 Å². The molecule has 0 heterocycles. The minimum absolute atomic E-state index is 0. The van der Waals surface area contributed by atoms with E-state index in [9.17, 15) is 4.79 Å². The van der Waals surface area contributed by atoms with Crippen molar-refractivity contribution in [2.24, 2.45) is 11.7 Å². The van der Waals surface area contributed by atoms with Crippen molar-refractivity contribution in [2.75, 3.05) is 0 Å². The minimum Gasteiger partial charge on any atom is -0.348 e. The number of hydrogen-bond donors (Lipinski definition) is 2. The zero-order valence-corrected chi connectivity index (χ0v) is 13.0. The Bertz CT molecular complexity index is 392. The van der Waals surface area contributed by atoms with E-state index in [1.165, 1.54) is 5.56 Å². The lowest BCUT2D eigenvalue weighted by atomic mass is 9.98. The number of amides is 1. The van der Waals surface area contributed by atoms with Crippen molar-refractivity contribution in [3.05, 3.63) is 35.4 Å². The Morgan fingerprint density at radius 3 is 2.26 bits per heavy atom. The maximum absolute atomic E-state index is 12.0. The molecule has 1 amide bonds. The Morgan fingerprint density at radius 1 is 1.26 bits per heavy atom. The van der Waals surface area contributed by atoms with Gasteiger partial charge in [-0.05, 0) is 25.3 Å². The smallest absolute Gasteiger partial charge is 0.237 e. The number of carbonyl (C=O) groups is 1. The average molecular weight is 285 g/mol. The zero-order valence-electron chi connectivity index (χ0n) is 12.1. The number of benzene rings is 1. The summed E-state index contributed by atoms with van der Waals surface area (Å²) >= 11 is 0. The number of aryl methyl sites for hydroxylation is 1. The fourth-order valence-corrected chi connectivity index (χ4v) is 1.76. The SMILES string of the molecule is CCC(C)C(N)C(=O)NC(C)c1ccc(C)cc1.Cl. The number of nitrogens with two attached hydrogens (primary N) is 1. The summed E-state index contributed by atoms with van der Waals surface area (Å²) in [5, 5.41) is 2.97. The summed E-state index contributed by atoms with van der Waals surface area (Å²) in [6.45, 7) is 8.07. The number of nitrogens with one attached hydrogen (secondary N) is 1. The van der Waals surface area contributed by atoms with Crippen LogP contribution in [0.2, 0.25) is 0 Å². The van der Waals surface area contributed by atoms with Crippen LogP contribution in [0.1, 0.15) is 44.4 Å². The number of halogens is 1. The lowest BCUT2D eigenvalue weighted by Crippen LogP contribution is -2.45. The molecule has 0 fully saturated rings. The van der Waals surface area contributed by atoms with Crippen LogP contribution in [0.15, 0.2) is 24.3 Å². The van der Waals surface area contributed by atoms with Crippen LogP contribution in [0, 0.1) is 12.8 Å². The van der Waals surface area contributed by atoms with Crippen LogP contribution in [0.4, 0.5) is 0 Å². The molecule has 0 radical (unpaired) electrons. The van der Waals surface area contributed by atoms with Gasteiger partial charge in [-0.2, -0.15) is 0 Å². The van der Waals surface area contributed by atoms with E-state index in [0.717, 1.165) is 12.0 Å². The molecule has 19 heavy (non-hydrogen) atoms. The van der Waals surface area contributed by atoms with E-state index < -0.39 is 6.04 Å². The first-order valence-corrected chi connectivity index (χ1v) is 6.58. The number of carbonyl (C=O) groups excluding carboxylic acids is 1. The standard InChI is InChI=1S/C15H24N2O.ClH/c1-5-11(3)14(16)15(18)17-12(4)13-8-6-10(2)7-9-13;/h6-9,11-12,14H,5,16H2,1-4H3,(H,17,18);1H. The van der Waals surface area contributed by atoms with Crippen molar-refractivity contribution in [1.29, 1.82) is 0 Å². The average Bonchev–Trinajstić information content (AvgIpc) is 2.37. The Kier molecular flexibility index (Phi) is 7.72. The lowest BCUT2D eigenvalue weighted by Gasteiger charge is -2.21. The van der Waals surface area contributed by atoms with Crippen LogP contribution < -0.4 is 11.1 Å². The summed E-state index contributed by atoms with van der Waals surface area (Å²) in [5.74, 6) is 0.132. The third-order valence-electron chi connectivity index (χ3n) is 3.50. The van der Waals surface area contributed by atoms with E-state index in [0.29, 0.717) is 0 Å². The van der Waals surface area contributed by atoms with Crippen LogP contribution in [0.5, 0.6) is 0 Å². The fraction of sp³-hybridized carbons (Fsp3) is 0.533. The normalized spacial score (nSPS) is 15.0. The van der Waals surface area contributed by atoms with Crippen molar-refractivity contribution in [2.45, 2.75) is 46.2 Å². The van der Waals surface area contributed by atoms with Gasteiger partial charge >= 0.3 is 0 Å². The van der Waals surface area contributed by atoms with Gasteiger partial charge in [0.05, 0.1) is 12.1 Å². The van der Waals surface area contributed by atoms with Crippen molar-refractivity contribution in [3.8, 4) is 0 Å². The molecular formula is C15H25ClN2O. The van der Waals surface area contributed by atoms with Gasteiger partial charge in [0.2, 0.25) is 5.91 Å². The molecule has 0 saturated heterocycles. The maximum atomic E-state index is 12.0.